The van der Waals surface area contributed by atoms with E-state index in [0.717, 1.165) is 5.01 Å². The molecule has 3 rings (SSSR count). The van der Waals surface area contributed by atoms with E-state index in [0.29, 0.717) is 0 Å². The molecule has 0 fully saturated rings. The molecule has 0 atom stereocenters. The van der Waals surface area contributed by atoms with Crippen molar-refractivity contribution in [1.29, 1.82) is 0 Å². The highest BCUT2D eigenvalue weighted by Crippen LogP contribution is 2.17. The minimum absolute atomic E-state index is 1.13. The van der Waals surface area contributed by atoms with Crippen LogP contribution in [0.5, 0.6) is 0 Å². The maximum Gasteiger partial charge on any atom is 0.0893 e. The summed E-state index contributed by atoms with van der Waals surface area (Å²) >= 11 is 1.67. The summed E-state index contributed by atoms with van der Waals surface area (Å²) in [7, 11) is 0. The van der Waals surface area contributed by atoms with Gasteiger partial charge in [-0.2, -0.15) is 0 Å². The van der Waals surface area contributed by atoms with Crippen molar-refractivity contribution in [2.24, 2.45) is 0 Å². The molecule has 0 radical (unpaired) electrons. The zero-order valence-corrected chi connectivity index (χ0v) is 11.1. The molecule has 0 aliphatic heterocycles. The Labute approximate surface area is 112 Å². The van der Waals surface area contributed by atoms with Gasteiger partial charge in [-0.3, -0.25) is 4.98 Å². The number of hydrogen-bond donors (Lipinski definition) is 0. The third kappa shape index (κ3) is 3.82. The summed E-state index contributed by atoms with van der Waals surface area (Å²) in [5, 5.41) is 3.10. The van der Waals surface area contributed by atoms with Crippen molar-refractivity contribution >= 4 is 11.3 Å². The second-order valence-corrected chi connectivity index (χ2v) is 4.88. The lowest BCUT2D eigenvalue weighted by Crippen LogP contribution is -1.73. The van der Waals surface area contributed by atoms with Crippen LogP contribution in [0.3, 0.4) is 0 Å². The summed E-state index contributed by atoms with van der Waals surface area (Å²) in [5.41, 5.74) is 2.55. The molecule has 2 aromatic carbocycles. The molecule has 1 aromatic heterocycles. The highest BCUT2D eigenvalue weighted by atomic mass is 32.1. The molecule has 0 aliphatic rings. The molecular formula is C16H15NS. The third-order valence-corrected chi connectivity index (χ3v) is 3.14. The van der Waals surface area contributed by atoms with Crippen molar-refractivity contribution in [3.05, 3.63) is 77.2 Å². The van der Waals surface area contributed by atoms with Gasteiger partial charge in [0.05, 0.1) is 5.01 Å². The standard InChI is InChI=1S/C12H10.C4H5NS/c1-3-7-11(8-4-1)12-9-5-2-6-10-12;1-4-5-2-3-6-4/h1-10H;2-3H,1H3. The Morgan fingerprint density at radius 3 is 1.56 bits per heavy atom. The molecule has 0 bridgehead atoms. The Hall–Kier alpha value is -1.93. The molecule has 1 nitrogen and oxygen atoms in total. The molecule has 0 saturated carbocycles. The van der Waals surface area contributed by atoms with Crippen LogP contribution in [0.1, 0.15) is 5.01 Å². The lowest BCUT2D eigenvalue weighted by Gasteiger charge is -1.98. The van der Waals surface area contributed by atoms with E-state index in [9.17, 15) is 0 Å². The van der Waals surface area contributed by atoms with E-state index in [-0.39, 0.29) is 0 Å². The number of rotatable bonds is 1. The molecule has 0 amide bonds. The molecule has 3 aromatic rings. The molecule has 0 saturated heterocycles. The largest absolute Gasteiger partial charge is 0.250 e. The van der Waals surface area contributed by atoms with Crippen molar-refractivity contribution < 1.29 is 0 Å². The normalized spacial score (nSPS) is 9.39. The number of aromatic nitrogens is 1. The third-order valence-electron chi connectivity index (χ3n) is 2.44. The van der Waals surface area contributed by atoms with Gasteiger partial charge in [0.15, 0.2) is 0 Å². The van der Waals surface area contributed by atoms with E-state index in [2.05, 4.69) is 53.5 Å². The van der Waals surface area contributed by atoms with E-state index in [1.165, 1.54) is 11.1 Å². The first kappa shape index (κ1) is 12.5. The average molecular weight is 253 g/mol. The summed E-state index contributed by atoms with van der Waals surface area (Å²) in [6, 6.07) is 20.8. The van der Waals surface area contributed by atoms with E-state index in [1.54, 1.807) is 17.5 Å². The highest BCUT2D eigenvalue weighted by molar-refractivity contribution is 7.09. The van der Waals surface area contributed by atoms with Crippen LogP contribution in [0.25, 0.3) is 11.1 Å². The predicted molar refractivity (Wildman–Crippen MR) is 78.7 cm³/mol. The Morgan fingerprint density at radius 2 is 1.28 bits per heavy atom. The number of hydrogen-bond acceptors (Lipinski definition) is 2. The topological polar surface area (TPSA) is 12.9 Å². The SMILES string of the molecule is Cc1nccs1.c1ccc(-c2ccccc2)cc1. The van der Waals surface area contributed by atoms with Gasteiger partial charge in [0.2, 0.25) is 0 Å². The van der Waals surface area contributed by atoms with Crippen molar-refractivity contribution in [2.75, 3.05) is 0 Å². The van der Waals surface area contributed by atoms with Gasteiger partial charge in [0, 0.05) is 11.6 Å². The second-order valence-electron chi connectivity index (χ2n) is 3.78. The van der Waals surface area contributed by atoms with Crippen LogP contribution < -0.4 is 0 Å². The number of benzene rings is 2. The van der Waals surface area contributed by atoms with Crippen LogP contribution >= 0.6 is 11.3 Å². The first-order valence-electron chi connectivity index (χ1n) is 5.83. The van der Waals surface area contributed by atoms with Crippen LogP contribution in [0.2, 0.25) is 0 Å². The molecule has 0 aliphatic carbocycles. The van der Waals surface area contributed by atoms with Gasteiger partial charge in [-0.25, -0.2) is 0 Å². The van der Waals surface area contributed by atoms with Crippen LogP contribution in [-0.4, -0.2) is 4.98 Å². The number of thiazole rings is 1. The van der Waals surface area contributed by atoms with Gasteiger partial charge in [0.25, 0.3) is 0 Å². The lowest BCUT2D eigenvalue weighted by molar-refractivity contribution is 1.30. The van der Waals surface area contributed by atoms with Crippen molar-refractivity contribution in [3.63, 3.8) is 0 Å². The van der Waals surface area contributed by atoms with Crippen LogP contribution in [0.15, 0.2) is 72.2 Å². The lowest BCUT2D eigenvalue weighted by atomic mass is 10.1. The fraction of sp³-hybridized carbons (Fsp3) is 0.0625. The van der Waals surface area contributed by atoms with Crippen molar-refractivity contribution in [2.45, 2.75) is 6.92 Å². The van der Waals surface area contributed by atoms with Crippen molar-refractivity contribution in [1.82, 2.24) is 4.98 Å². The zero-order chi connectivity index (χ0) is 12.6. The first-order chi connectivity index (χ1) is 8.86. The quantitative estimate of drug-likeness (QED) is 0.606. The maximum atomic E-state index is 3.94. The fourth-order valence-electron chi connectivity index (χ4n) is 1.56. The number of aryl methyl sites for hydroxylation is 1. The van der Waals surface area contributed by atoms with Crippen LogP contribution in [0.4, 0.5) is 0 Å². The summed E-state index contributed by atoms with van der Waals surface area (Å²) in [5.74, 6) is 0. The van der Waals surface area contributed by atoms with Crippen molar-refractivity contribution in [3.8, 4) is 11.1 Å². The smallest absolute Gasteiger partial charge is 0.0893 e. The summed E-state index contributed by atoms with van der Waals surface area (Å²) in [4.78, 5) is 3.94. The maximum absolute atomic E-state index is 3.94. The van der Waals surface area contributed by atoms with E-state index in [1.807, 2.05) is 24.4 Å². The minimum atomic E-state index is 1.13. The van der Waals surface area contributed by atoms with Gasteiger partial charge in [-0.05, 0) is 18.1 Å². The van der Waals surface area contributed by atoms with Gasteiger partial charge in [0.1, 0.15) is 0 Å². The van der Waals surface area contributed by atoms with Gasteiger partial charge < -0.3 is 0 Å². The summed E-state index contributed by atoms with van der Waals surface area (Å²) in [6.45, 7) is 1.99. The van der Waals surface area contributed by atoms with E-state index >= 15 is 0 Å². The molecule has 0 unspecified atom stereocenters. The summed E-state index contributed by atoms with van der Waals surface area (Å²) in [6.07, 6.45) is 1.81. The highest BCUT2D eigenvalue weighted by Gasteiger charge is 1.91. The van der Waals surface area contributed by atoms with Gasteiger partial charge in [-0.15, -0.1) is 11.3 Å². The molecule has 2 heteroatoms. The molecule has 0 spiro atoms. The molecular weight excluding hydrogens is 238 g/mol. The second kappa shape index (κ2) is 6.72. The van der Waals surface area contributed by atoms with Crippen LogP contribution in [-0.2, 0) is 0 Å². The predicted octanol–water partition coefficient (Wildman–Crippen LogP) is 4.81. The Kier molecular flexibility index (Phi) is 4.68. The molecule has 0 N–H and O–H groups in total. The first-order valence-corrected chi connectivity index (χ1v) is 6.71. The van der Waals surface area contributed by atoms with E-state index < -0.39 is 0 Å². The van der Waals surface area contributed by atoms with E-state index in [4.69, 9.17) is 0 Å². The molecule has 18 heavy (non-hydrogen) atoms. The average Bonchev–Trinajstić information content (AvgIpc) is 2.93. The summed E-state index contributed by atoms with van der Waals surface area (Å²) < 4.78 is 0. The minimum Gasteiger partial charge on any atom is -0.250 e. The molecule has 1 heterocycles. The zero-order valence-electron chi connectivity index (χ0n) is 10.3. The Bertz CT molecular complexity index is 507. The fourth-order valence-corrected chi connectivity index (χ4v) is 2.00. The Balaban J connectivity index is 0.000000169. The molecule has 90 valence electrons. The van der Waals surface area contributed by atoms with Gasteiger partial charge >= 0.3 is 0 Å². The number of nitrogens with zero attached hydrogens (tertiary/aromatic N) is 1. The van der Waals surface area contributed by atoms with Crippen LogP contribution in [0, 0.1) is 6.92 Å². The van der Waals surface area contributed by atoms with Gasteiger partial charge in [-0.1, -0.05) is 60.7 Å². The Morgan fingerprint density at radius 1 is 0.778 bits per heavy atom. The monoisotopic (exact) mass is 253 g/mol.